The maximum Gasteiger partial charge on any atom is 0.372 e. The molecule has 0 unspecified atom stereocenters. The second-order valence-electron chi connectivity index (χ2n) is 12.5. The molecule has 3 aromatic rings. The number of hydrogen-bond acceptors (Lipinski definition) is 9. The predicted molar refractivity (Wildman–Crippen MR) is 176 cm³/mol. The van der Waals surface area contributed by atoms with Crippen molar-refractivity contribution < 1.29 is 45.3 Å². The lowest BCUT2D eigenvalue weighted by Crippen LogP contribution is -2.46. The fourth-order valence-electron chi connectivity index (χ4n) is 6.31. The fourth-order valence-corrected chi connectivity index (χ4v) is 8.85. The van der Waals surface area contributed by atoms with Crippen LogP contribution in [0.25, 0.3) is 11.1 Å². The van der Waals surface area contributed by atoms with Gasteiger partial charge in [-0.05, 0) is 98.0 Å². The third kappa shape index (κ3) is 8.07. The third-order valence-corrected chi connectivity index (χ3v) is 12.8. The van der Waals surface area contributed by atoms with Crippen molar-refractivity contribution in [2.24, 2.45) is 11.7 Å². The zero-order chi connectivity index (χ0) is 34.6. The van der Waals surface area contributed by atoms with Crippen molar-refractivity contribution in [3.8, 4) is 16.9 Å². The Morgan fingerprint density at radius 2 is 1.67 bits per heavy atom. The van der Waals surface area contributed by atoms with Gasteiger partial charge in [0.25, 0.3) is 0 Å². The maximum atomic E-state index is 13.7. The van der Waals surface area contributed by atoms with Gasteiger partial charge in [0.05, 0.1) is 28.1 Å². The summed E-state index contributed by atoms with van der Waals surface area (Å²) in [5, 5.41) is 15.0. The standard InChI is InChI=1S/C34H42F2N2O8S2/c35-34(36,24-39)47(41,42)31-5-2-4-30(20-31)45-23-29(40)12-9-26-21-33(46-22-26)14-17-38(18-15-33)48(43,44)32-6-1-3-28(19-32)27-10-7-25(8-11-27)13-16-37/h1-8,10-11,19-20,26,29,39-40H,9,12-18,21-24,37H2/t26-,29-/m0/s1. The molecule has 2 aliphatic heterocycles. The van der Waals surface area contributed by atoms with Crippen molar-refractivity contribution in [1.82, 2.24) is 4.31 Å². The molecular weight excluding hydrogens is 667 g/mol. The van der Waals surface area contributed by atoms with Gasteiger partial charge in [0, 0.05) is 13.1 Å². The van der Waals surface area contributed by atoms with Crippen molar-refractivity contribution in [1.29, 1.82) is 0 Å². The number of nitrogens with zero attached hydrogens (tertiary/aromatic N) is 1. The molecular formula is C34H42F2N2O8S2. The van der Waals surface area contributed by atoms with E-state index in [1.807, 2.05) is 30.3 Å². The van der Waals surface area contributed by atoms with E-state index in [4.69, 9.17) is 20.3 Å². The summed E-state index contributed by atoms with van der Waals surface area (Å²) < 4.78 is 92.1. The van der Waals surface area contributed by atoms with Crippen LogP contribution < -0.4 is 10.5 Å². The molecule has 2 heterocycles. The Kier molecular flexibility index (Phi) is 11.2. The first-order valence-electron chi connectivity index (χ1n) is 16.0. The Labute approximate surface area is 280 Å². The largest absolute Gasteiger partial charge is 0.491 e. The number of benzene rings is 3. The average Bonchev–Trinajstić information content (AvgIpc) is 3.49. The number of aliphatic hydroxyl groups excluding tert-OH is 2. The lowest BCUT2D eigenvalue weighted by atomic mass is 9.84. The fraction of sp³-hybridized carbons (Fsp3) is 0.471. The minimum atomic E-state index is -5.10. The molecule has 2 saturated heterocycles. The van der Waals surface area contributed by atoms with Crippen molar-refractivity contribution in [3.05, 3.63) is 78.4 Å². The number of nitrogens with two attached hydrogens (primary N) is 1. The van der Waals surface area contributed by atoms with Crippen molar-refractivity contribution in [2.45, 2.75) is 65.3 Å². The Hall–Kier alpha value is -2.98. The maximum absolute atomic E-state index is 13.7. The lowest BCUT2D eigenvalue weighted by molar-refractivity contribution is -0.0314. The van der Waals surface area contributed by atoms with Gasteiger partial charge in [-0.1, -0.05) is 42.5 Å². The molecule has 0 saturated carbocycles. The molecule has 0 amide bonds. The van der Waals surface area contributed by atoms with Crippen LogP contribution in [0, 0.1) is 5.92 Å². The number of rotatable bonds is 14. The van der Waals surface area contributed by atoms with Crippen LogP contribution in [0.2, 0.25) is 0 Å². The average molecular weight is 709 g/mol. The van der Waals surface area contributed by atoms with Gasteiger partial charge in [0.2, 0.25) is 19.9 Å². The van der Waals surface area contributed by atoms with E-state index in [2.05, 4.69) is 0 Å². The van der Waals surface area contributed by atoms with Gasteiger partial charge in [0.15, 0.2) is 0 Å². The number of piperidine rings is 1. The Bertz CT molecular complexity index is 1760. The SMILES string of the molecule is NCCc1ccc(-c2cccc(S(=O)(=O)N3CCC4(CC3)C[C@H](CC[C@H](O)COc3cccc(S(=O)(=O)C(F)(F)CO)c3)CO4)c2)cc1. The molecule has 48 heavy (non-hydrogen) atoms. The van der Waals surface area contributed by atoms with Crippen LogP contribution in [0.5, 0.6) is 5.75 Å². The molecule has 262 valence electrons. The highest BCUT2D eigenvalue weighted by Gasteiger charge is 2.46. The molecule has 5 rings (SSSR count). The molecule has 0 bridgehead atoms. The normalized spacial score (nSPS) is 19.4. The number of hydrogen-bond donors (Lipinski definition) is 3. The van der Waals surface area contributed by atoms with Crippen molar-refractivity contribution >= 4 is 19.9 Å². The number of sulfonamides is 1. The smallest absolute Gasteiger partial charge is 0.372 e. The van der Waals surface area contributed by atoms with Crippen LogP contribution in [0.1, 0.15) is 37.7 Å². The summed E-state index contributed by atoms with van der Waals surface area (Å²) in [6.07, 6.45) is 2.75. The van der Waals surface area contributed by atoms with Crippen LogP contribution in [-0.4, -0.2) is 87.8 Å². The first-order valence-corrected chi connectivity index (χ1v) is 18.9. The van der Waals surface area contributed by atoms with E-state index in [9.17, 15) is 30.7 Å². The molecule has 0 aliphatic carbocycles. The highest BCUT2D eigenvalue weighted by atomic mass is 32.2. The van der Waals surface area contributed by atoms with Gasteiger partial charge in [-0.3, -0.25) is 0 Å². The van der Waals surface area contributed by atoms with Crippen LogP contribution in [-0.2, 0) is 31.0 Å². The quantitative estimate of drug-likeness (QED) is 0.225. The molecule has 1 spiro atoms. The number of aliphatic hydroxyl groups is 2. The summed E-state index contributed by atoms with van der Waals surface area (Å²) in [7, 11) is -8.81. The summed E-state index contributed by atoms with van der Waals surface area (Å²) in [5.74, 6) is 0.155. The van der Waals surface area contributed by atoms with Gasteiger partial charge < -0.3 is 25.4 Å². The monoisotopic (exact) mass is 708 g/mol. The van der Waals surface area contributed by atoms with Crippen LogP contribution in [0.3, 0.4) is 0 Å². The summed E-state index contributed by atoms with van der Waals surface area (Å²) in [6, 6.07) is 19.5. The summed E-state index contributed by atoms with van der Waals surface area (Å²) in [6.45, 7) is -0.292. The topological polar surface area (TPSA) is 156 Å². The number of ether oxygens (including phenoxy) is 2. The highest BCUT2D eigenvalue weighted by Crippen LogP contribution is 2.41. The highest BCUT2D eigenvalue weighted by molar-refractivity contribution is 7.92. The van der Waals surface area contributed by atoms with E-state index < -0.39 is 48.3 Å². The van der Waals surface area contributed by atoms with Gasteiger partial charge in [-0.2, -0.15) is 13.1 Å². The van der Waals surface area contributed by atoms with E-state index in [0.29, 0.717) is 51.9 Å². The van der Waals surface area contributed by atoms with Crippen molar-refractivity contribution in [3.63, 3.8) is 0 Å². The molecule has 2 aliphatic rings. The Balaban J connectivity index is 1.10. The van der Waals surface area contributed by atoms with E-state index in [1.165, 1.54) is 16.4 Å². The molecule has 14 heteroatoms. The third-order valence-electron chi connectivity index (χ3n) is 9.16. The second-order valence-corrected chi connectivity index (χ2v) is 16.6. The number of halogens is 2. The first-order chi connectivity index (χ1) is 22.8. The first kappa shape index (κ1) is 36.3. The Morgan fingerprint density at radius 1 is 0.979 bits per heavy atom. The molecule has 4 N–H and O–H groups in total. The minimum Gasteiger partial charge on any atom is -0.491 e. The lowest BCUT2D eigenvalue weighted by Gasteiger charge is -2.38. The summed E-state index contributed by atoms with van der Waals surface area (Å²) in [5.41, 5.74) is 8.10. The van der Waals surface area contributed by atoms with Gasteiger partial charge >= 0.3 is 5.25 Å². The zero-order valence-electron chi connectivity index (χ0n) is 26.5. The van der Waals surface area contributed by atoms with Gasteiger partial charge in [-0.15, -0.1) is 0 Å². The number of alkyl halides is 2. The van der Waals surface area contributed by atoms with E-state index >= 15 is 0 Å². The molecule has 0 radical (unpaired) electrons. The molecule has 3 aromatic carbocycles. The number of sulfone groups is 1. The van der Waals surface area contributed by atoms with Gasteiger partial charge in [-0.25, -0.2) is 16.8 Å². The van der Waals surface area contributed by atoms with E-state index in [0.717, 1.165) is 41.7 Å². The van der Waals surface area contributed by atoms with Crippen LogP contribution in [0.15, 0.2) is 82.6 Å². The van der Waals surface area contributed by atoms with E-state index in [1.54, 1.807) is 18.2 Å². The van der Waals surface area contributed by atoms with Crippen molar-refractivity contribution in [2.75, 3.05) is 39.5 Å². The molecule has 0 aromatic heterocycles. The Morgan fingerprint density at radius 3 is 2.35 bits per heavy atom. The van der Waals surface area contributed by atoms with E-state index in [-0.39, 0.29) is 23.2 Å². The molecule has 2 atom stereocenters. The predicted octanol–water partition coefficient (Wildman–Crippen LogP) is 3.99. The van der Waals surface area contributed by atoms with Crippen LogP contribution >= 0.6 is 0 Å². The minimum absolute atomic E-state index is 0.00237. The van der Waals surface area contributed by atoms with Crippen LogP contribution in [0.4, 0.5) is 8.78 Å². The summed E-state index contributed by atoms with van der Waals surface area (Å²) in [4.78, 5) is -0.446. The summed E-state index contributed by atoms with van der Waals surface area (Å²) >= 11 is 0. The molecule has 10 nitrogen and oxygen atoms in total. The zero-order valence-corrected chi connectivity index (χ0v) is 28.1. The van der Waals surface area contributed by atoms with Gasteiger partial charge in [0.1, 0.15) is 19.0 Å². The second kappa shape index (κ2) is 14.9. The molecule has 2 fully saturated rings.